The number of carbonyl (C=O) groups excluding carboxylic acids is 3. The molecule has 1 aliphatic carbocycles. The minimum absolute atomic E-state index is 0.0661. The van der Waals surface area contributed by atoms with Crippen LogP contribution in [-0.2, 0) is 14.4 Å². The van der Waals surface area contributed by atoms with Crippen LogP contribution in [0.15, 0.2) is 59.4 Å². The molecule has 12 heteroatoms. The van der Waals surface area contributed by atoms with Crippen LogP contribution < -0.4 is 15.1 Å². The second kappa shape index (κ2) is 11.6. The fourth-order valence-corrected chi connectivity index (χ4v) is 6.04. The smallest absolute Gasteiger partial charge is 0.251 e. The highest BCUT2D eigenvalue weighted by atomic mass is 35.5. The zero-order chi connectivity index (χ0) is 28.4. The molecule has 1 saturated heterocycles. The number of thiazole rings is 1. The zero-order valence-electron chi connectivity index (χ0n) is 21.2. The average molecular weight is 591 g/mol. The van der Waals surface area contributed by atoms with Crippen molar-refractivity contribution in [3.05, 3.63) is 75.8 Å². The number of carbonyl (C=O) groups is 3. The van der Waals surface area contributed by atoms with Gasteiger partial charge in [-0.3, -0.25) is 24.2 Å². The van der Waals surface area contributed by atoms with Crippen LogP contribution in [0.5, 0.6) is 0 Å². The molecular weight excluding hydrogens is 565 g/mol. The Kier molecular flexibility index (Phi) is 8.14. The molecule has 0 bridgehead atoms. The quantitative estimate of drug-likeness (QED) is 0.371. The van der Waals surface area contributed by atoms with Crippen LogP contribution in [0.1, 0.15) is 50.1 Å². The van der Waals surface area contributed by atoms with Gasteiger partial charge in [-0.1, -0.05) is 35.9 Å². The molecule has 0 spiro atoms. The third-order valence-corrected chi connectivity index (χ3v) is 8.18. The van der Waals surface area contributed by atoms with E-state index >= 15 is 0 Å². The number of halogens is 4. The fraction of sp³-hybridized carbons (Fsp3) is 0.357. The van der Waals surface area contributed by atoms with E-state index in [2.05, 4.69) is 10.3 Å². The SMILES string of the molecule is O=C(NC1CCC(F)(F)CC1)C(c1ccccc1Cl)N(C(=O)C1CCC(=O)N1c1cscn1)c1cccc(F)c1. The summed E-state index contributed by atoms with van der Waals surface area (Å²) in [6, 6.07) is 8.77. The molecule has 1 aliphatic heterocycles. The molecule has 210 valence electrons. The number of aromatic nitrogens is 1. The van der Waals surface area contributed by atoms with Crippen molar-refractivity contribution < 1.29 is 27.6 Å². The van der Waals surface area contributed by atoms with E-state index in [-0.39, 0.29) is 60.7 Å². The van der Waals surface area contributed by atoms with Gasteiger partial charge in [-0.05, 0) is 43.5 Å². The molecule has 1 saturated carbocycles. The maximum Gasteiger partial charge on any atom is 0.251 e. The molecule has 2 unspecified atom stereocenters. The van der Waals surface area contributed by atoms with Gasteiger partial charge >= 0.3 is 0 Å². The number of nitrogens with zero attached hydrogens (tertiary/aromatic N) is 3. The van der Waals surface area contributed by atoms with Crippen LogP contribution in [0.2, 0.25) is 5.02 Å². The van der Waals surface area contributed by atoms with Gasteiger partial charge in [0.2, 0.25) is 17.7 Å². The van der Waals surface area contributed by atoms with E-state index in [0.29, 0.717) is 5.82 Å². The summed E-state index contributed by atoms with van der Waals surface area (Å²) in [6.45, 7) is 0. The summed E-state index contributed by atoms with van der Waals surface area (Å²) in [5.74, 6) is -4.69. The molecule has 2 heterocycles. The van der Waals surface area contributed by atoms with E-state index < -0.39 is 41.7 Å². The third kappa shape index (κ3) is 5.85. The number of nitrogens with one attached hydrogen (secondary N) is 1. The number of hydrogen-bond acceptors (Lipinski definition) is 5. The number of benzene rings is 2. The molecule has 2 atom stereocenters. The second-order valence-electron chi connectivity index (χ2n) is 9.92. The van der Waals surface area contributed by atoms with Gasteiger partial charge in [0, 0.05) is 47.0 Å². The fourth-order valence-electron chi connectivity index (χ4n) is 5.28. The highest BCUT2D eigenvalue weighted by molar-refractivity contribution is 7.07. The molecule has 2 aromatic carbocycles. The number of amides is 3. The number of alkyl halides is 2. The van der Waals surface area contributed by atoms with Crippen molar-refractivity contribution in [2.75, 3.05) is 9.80 Å². The molecule has 3 aromatic rings. The van der Waals surface area contributed by atoms with Gasteiger partial charge in [0.05, 0.1) is 5.51 Å². The summed E-state index contributed by atoms with van der Waals surface area (Å²) in [6.07, 6.45) is -0.352. The maximum absolute atomic E-state index is 14.5. The van der Waals surface area contributed by atoms with Crippen molar-refractivity contribution in [2.45, 2.75) is 62.6 Å². The number of anilines is 2. The van der Waals surface area contributed by atoms with E-state index in [0.717, 1.165) is 11.0 Å². The van der Waals surface area contributed by atoms with Gasteiger partial charge in [0.1, 0.15) is 23.7 Å². The molecular formula is C28H26ClF3N4O3S. The van der Waals surface area contributed by atoms with Crippen LogP contribution in [0, 0.1) is 5.82 Å². The van der Waals surface area contributed by atoms with E-state index in [1.54, 1.807) is 35.2 Å². The summed E-state index contributed by atoms with van der Waals surface area (Å²) < 4.78 is 42.1. The molecule has 2 fully saturated rings. The van der Waals surface area contributed by atoms with Gasteiger partial charge in [0.15, 0.2) is 0 Å². The lowest BCUT2D eigenvalue weighted by Gasteiger charge is -2.37. The van der Waals surface area contributed by atoms with Crippen LogP contribution in [0.25, 0.3) is 0 Å². The third-order valence-electron chi connectivity index (χ3n) is 7.26. The highest BCUT2D eigenvalue weighted by Crippen LogP contribution is 2.37. The molecule has 40 heavy (non-hydrogen) atoms. The molecule has 7 nitrogen and oxygen atoms in total. The Balaban J connectivity index is 1.57. The average Bonchev–Trinajstić information content (AvgIpc) is 3.58. The Morgan fingerprint density at radius 1 is 1.12 bits per heavy atom. The normalized spacial score (nSPS) is 19.9. The largest absolute Gasteiger partial charge is 0.351 e. The Hall–Kier alpha value is -3.44. The number of hydrogen-bond donors (Lipinski definition) is 1. The Bertz CT molecular complexity index is 1400. The van der Waals surface area contributed by atoms with Crippen LogP contribution in [0.4, 0.5) is 24.7 Å². The van der Waals surface area contributed by atoms with Gasteiger partial charge in [0.25, 0.3) is 5.91 Å². The predicted molar refractivity (Wildman–Crippen MR) is 146 cm³/mol. The first-order chi connectivity index (χ1) is 19.1. The van der Waals surface area contributed by atoms with Crippen molar-refractivity contribution in [2.24, 2.45) is 0 Å². The summed E-state index contributed by atoms with van der Waals surface area (Å²) in [7, 11) is 0. The maximum atomic E-state index is 14.5. The first-order valence-corrected chi connectivity index (χ1v) is 14.2. The molecule has 5 rings (SSSR count). The van der Waals surface area contributed by atoms with Crippen molar-refractivity contribution in [1.29, 1.82) is 0 Å². The highest BCUT2D eigenvalue weighted by Gasteiger charge is 2.45. The second-order valence-corrected chi connectivity index (χ2v) is 11.0. The first-order valence-electron chi connectivity index (χ1n) is 12.9. The molecule has 1 N–H and O–H groups in total. The van der Waals surface area contributed by atoms with Gasteiger partial charge in [-0.25, -0.2) is 18.2 Å². The van der Waals surface area contributed by atoms with E-state index in [1.165, 1.54) is 34.4 Å². The summed E-state index contributed by atoms with van der Waals surface area (Å²) in [5.41, 5.74) is 1.89. The summed E-state index contributed by atoms with van der Waals surface area (Å²) in [4.78, 5) is 47.9. The van der Waals surface area contributed by atoms with Crippen molar-refractivity contribution >= 4 is 52.2 Å². The Labute approximate surface area is 237 Å². The minimum Gasteiger partial charge on any atom is -0.351 e. The van der Waals surface area contributed by atoms with Crippen molar-refractivity contribution in [3.63, 3.8) is 0 Å². The first kappa shape index (κ1) is 28.1. The van der Waals surface area contributed by atoms with Crippen molar-refractivity contribution in [1.82, 2.24) is 10.3 Å². The van der Waals surface area contributed by atoms with Gasteiger partial charge in [-0.2, -0.15) is 0 Å². The zero-order valence-corrected chi connectivity index (χ0v) is 22.8. The predicted octanol–water partition coefficient (Wildman–Crippen LogP) is 5.90. The standard InChI is InChI=1S/C28H26ClF3N4O3S/c29-21-7-2-1-6-20(21)25(26(38)34-18-10-12-28(31,32)13-11-18)35(19-5-3-4-17(30)14-19)27(39)22-8-9-24(37)36(22)23-15-40-16-33-23/h1-7,14-16,18,22,25H,8-13H2,(H,34,38). The molecule has 3 amide bonds. The van der Waals surface area contributed by atoms with Crippen LogP contribution >= 0.6 is 22.9 Å². The summed E-state index contributed by atoms with van der Waals surface area (Å²) >= 11 is 7.80. The lowest BCUT2D eigenvalue weighted by molar-refractivity contribution is -0.128. The minimum atomic E-state index is -2.79. The van der Waals surface area contributed by atoms with E-state index in [4.69, 9.17) is 11.6 Å². The summed E-state index contributed by atoms with van der Waals surface area (Å²) in [5, 5.41) is 4.66. The Morgan fingerprint density at radius 2 is 1.88 bits per heavy atom. The molecule has 2 aliphatic rings. The molecule has 1 aromatic heterocycles. The van der Waals surface area contributed by atoms with Crippen LogP contribution in [-0.4, -0.2) is 40.7 Å². The van der Waals surface area contributed by atoms with Crippen molar-refractivity contribution in [3.8, 4) is 0 Å². The lowest BCUT2D eigenvalue weighted by Crippen LogP contribution is -2.53. The topological polar surface area (TPSA) is 82.6 Å². The molecule has 0 radical (unpaired) electrons. The van der Waals surface area contributed by atoms with E-state index in [9.17, 15) is 27.6 Å². The van der Waals surface area contributed by atoms with E-state index in [1.807, 2.05) is 0 Å². The number of rotatable bonds is 7. The van der Waals surface area contributed by atoms with Gasteiger partial charge < -0.3 is 5.32 Å². The monoisotopic (exact) mass is 590 g/mol. The lowest BCUT2D eigenvalue weighted by atomic mass is 9.91. The van der Waals surface area contributed by atoms with Gasteiger partial charge in [-0.15, -0.1) is 11.3 Å². The Morgan fingerprint density at radius 3 is 2.55 bits per heavy atom. The van der Waals surface area contributed by atoms with Crippen LogP contribution in [0.3, 0.4) is 0 Å².